The van der Waals surface area contributed by atoms with Crippen molar-refractivity contribution in [3.63, 3.8) is 0 Å². The molecular weight excluding hydrogens is 200 g/mol. The lowest BCUT2D eigenvalue weighted by molar-refractivity contribution is 0.400. The van der Waals surface area contributed by atoms with Crippen molar-refractivity contribution in [2.24, 2.45) is 5.73 Å². The van der Waals surface area contributed by atoms with Crippen LogP contribution in [0.2, 0.25) is 0 Å². The van der Waals surface area contributed by atoms with Crippen LogP contribution in [0.1, 0.15) is 6.42 Å². The molecule has 0 heterocycles. The minimum absolute atomic E-state index is 0.502. The molecule has 0 aliphatic heterocycles. The highest BCUT2D eigenvalue weighted by atomic mass is 15.2. The van der Waals surface area contributed by atoms with E-state index in [9.17, 15) is 0 Å². The molecule has 0 radical (unpaired) electrons. The van der Waals surface area contributed by atoms with Crippen molar-refractivity contribution in [2.75, 3.05) is 44.5 Å². The second-order valence-corrected chi connectivity index (χ2v) is 4.16. The van der Waals surface area contributed by atoms with Crippen LogP contribution in [0.5, 0.6) is 0 Å². The first-order chi connectivity index (χ1) is 7.65. The van der Waals surface area contributed by atoms with Crippen molar-refractivity contribution in [2.45, 2.75) is 6.42 Å². The molecular formula is C12H22N4. The Morgan fingerprint density at radius 3 is 2.38 bits per heavy atom. The second kappa shape index (κ2) is 6.35. The van der Waals surface area contributed by atoms with Gasteiger partial charge in [-0.15, -0.1) is 0 Å². The Balaban J connectivity index is 2.57. The number of hydrogen-bond donors (Lipinski definition) is 2. The third-order valence-corrected chi connectivity index (χ3v) is 2.53. The first-order valence-electron chi connectivity index (χ1n) is 5.59. The van der Waals surface area contributed by atoms with Crippen LogP contribution in [0, 0.1) is 0 Å². The molecule has 0 saturated carbocycles. The topological polar surface area (TPSA) is 58.5 Å². The van der Waals surface area contributed by atoms with Crippen molar-refractivity contribution in [3.05, 3.63) is 24.3 Å². The summed E-state index contributed by atoms with van der Waals surface area (Å²) >= 11 is 0. The van der Waals surface area contributed by atoms with Crippen molar-refractivity contribution in [1.29, 1.82) is 0 Å². The number of nitrogen functional groups attached to an aromatic ring is 1. The molecule has 4 heteroatoms. The van der Waals surface area contributed by atoms with Gasteiger partial charge in [-0.2, -0.15) is 0 Å². The zero-order valence-corrected chi connectivity index (χ0v) is 10.2. The maximum absolute atomic E-state index is 5.92. The van der Waals surface area contributed by atoms with E-state index in [0.29, 0.717) is 6.67 Å². The van der Waals surface area contributed by atoms with Crippen LogP contribution in [-0.2, 0) is 0 Å². The number of nitrogens with zero attached hydrogens (tertiary/aromatic N) is 2. The van der Waals surface area contributed by atoms with Gasteiger partial charge in [-0.3, -0.25) is 0 Å². The molecule has 0 spiro atoms. The lowest BCUT2D eigenvalue weighted by Crippen LogP contribution is -2.33. The smallest absolute Gasteiger partial charge is 0.0657 e. The van der Waals surface area contributed by atoms with Gasteiger partial charge in [0.05, 0.1) is 18.0 Å². The number of anilines is 2. The average molecular weight is 222 g/mol. The Morgan fingerprint density at radius 1 is 1.12 bits per heavy atom. The number of rotatable bonds is 6. The van der Waals surface area contributed by atoms with E-state index in [2.05, 4.69) is 23.9 Å². The van der Waals surface area contributed by atoms with E-state index in [1.165, 1.54) is 0 Å². The van der Waals surface area contributed by atoms with Gasteiger partial charge in [0.15, 0.2) is 0 Å². The molecule has 0 atom stereocenters. The van der Waals surface area contributed by atoms with Crippen LogP contribution in [0.15, 0.2) is 24.3 Å². The van der Waals surface area contributed by atoms with Gasteiger partial charge in [0.1, 0.15) is 0 Å². The van der Waals surface area contributed by atoms with Gasteiger partial charge in [0.2, 0.25) is 0 Å². The molecule has 0 fully saturated rings. The standard InChI is InChI=1S/C12H22N4/c1-15(2)8-5-9-16(10-13)12-7-4-3-6-11(12)14/h3-4,6-7H,5,8-10,13-14H2,1-2H3. The molecule has 16 heavy (non-hydrogen) atoms. The fraction of sp³-hybridized carbons (Fsp3) is 0.500. The Kier molecular flexibility index (Phi) is 5.08. The van der Waals surface area contributed by atoms with E-state index in [4.69, 9.17) is 11.5 Å². The lowest BCUT2D eigenvalue weighted by atomic mass is 10.2. The fourth-order valence-electron chi connectivity index (χ4n) is 1.66. The monoisotopic (exact) mass is 222 g/mol. The molecule has 4 N–H and O–H groups in total. The highest BCUT2D eigenvalue weighted by molar-refractivity contribution is 5.67. The molecule has 0 aromatic heterocycles. The quantitative estimate of drug-likeness (QED) is 0.555. The molecule has 0 bridgehead atoms. The van der Waals surface area contributed by atoms with Crippen LogP contribution in [0.25, 0.3) is 0 Å². The average Bonchev–Trinajstić information content (AvgIpc) is 2.25. The Morgan fingerprint density at radius 2 is 1.81 bits per heavy atom. The summed E-state index contributed by atoms with van der Waals surface area (Å²) in [5.41, 5.74) is 13.5. The van der Waals surface area contributed by atoms with Gasteiger partial charge in [0, 0.05) is 6.54 Å². The van der Waals surface area contributed by atoms with Gasteiger partial charge in [0.25, 0.3) is 0 Å². The van der Waals surface area contributed by atoms with Crippen LogP contribution in [-0.4, -0.2) is 38.8 Å². The summed E-state index contributed by atoms with van der Waals surface area (Å²) in [4.78, 5) is 4.28. The van der Waals surface area contributed by atoms with Crippen LogP contribution >= 0.6 is 0 Å². The van der Waals surface area contributed by atoms with Crippen molar-refractivity contribution in [1.82, 2.24) is 4.90 Å². The van der Waals surface area contributed by atoms with Crippen LogP contribution < -0.4 is 16.4 Å². The number of hydrogen-bond acceptors (Lipinski definition) is 4. The zero-order valence-electron chi connectivity index (χ0n) is 10.2. The third-order valence-electron chi connectivity index (χ3n) is 2.53. The van der Waals surface area contributed by atoms with Gasteiger partial charge < -0.3 is 21.3 Å². The van der Waals surface area contributed by atoms with E-state index in [0.717, 1.165) is 30.9 Å². The highest BCUT2D eigenvalue weighted by Gasteiger charge is 2.06. The Hall–Kier alpha value is -1.26. The summed E-state index contributed by atoms with van der Waals surface area (Å²) in [7, 11) is 4.15. The van der Waals surface area contributed by atoms with E-state index >= 15 is 0 Å². The number of para-hydroxylation sites is 2. The third kappa shape index (κ3) is 3.72. The summed E-state index contributed by atoms with van der Waals surface area (Å²) in [6.45, 7) is 2.49. The van der Waals surface area contributed by atoms with E-state index in [1.807, 2.05) is 24.3 Å². The molecule has 0 unspecified atom stereocenters. The maximum Gasteiger partial charge on any atom is 0.0657 e. The Labute approximate surface area is 97.8 Å². The molecule has 1 aromatic rings. The minimum Gasteiger partial charge on any atom is -0.397 e. The summed E-state index contributed by atoms with van der Waals surface area (Å²) < 4.78 is 0. The van der Waals surface area contributed by atoms with Crippen molar-refractivity contribution < 1.29 is 0 Å². The summed E-state index contributed by atoms with van der Waals surface area (Å²) in [6, 6.07) is 7.84. The SMILES string of the molecule is CN(C)CCCN(CN)c1ccccc1N. The van der Waals surface area contributed by atoms with Crippen LogP contribution in [0.3, 0.4) is 0 Å². The number of benzene rings is 1. The molecule has 0 amide bonds. The van der Waals surface area contributed by atoms with E-state index in [-0.39, 0.29) is 0 Å². The van der Waals surface area contributed by atoms with Gasteiger partial charge in [-0.1, -0.05) is 12.1 Å². The summed E-state index contributed by atoms with van der Waals surface area (Å²) in [5, 5.41) is 0. The zero-order chi connectivity index (χ0) is 12.0. The van der Waals surface area contributed by atoms with E-state index in [1.54, 1.807) is 0 Å². The second-order valence-electron chi connectivity index (χ2n) is 4.16. The van der Waals surface area contributed by atoms with Crippen LogP contribution in [0.4, 0.5) is 11.4 Å². The maximum atomic E-state index is 5.92. The fourth-order valence-corrected chi connectivity index (χ4v) is 1.66. The lowest BCUT2D eigenvalue weighted by Gasteiger charge is -2.24. The molecule has 1 rings (SSSR count). The normalized spacial score (nSPS) is 10.8. The molecule has 0 aliphatic rings. The predicted octanol–water partition coefficient (Wildman–Crippen LogP) is 0.943. The van der Waals surface area contributed by atoms with Gasteiger partial charge in [-0.05, 0) is 39.2 Å². The molecule has 0 aliphatic carbocycles. The van der Waals surface area contributed by atoms with Gasteiger partial charge >= 0.3 is 0 Å². The molecule has 0 saturated heterocycles. The van der Waals surface area contributed by atoms with Crippen molar-refractivity contribution >= 4 is 11.4 Å². The van der Waals surface area contributed by atoms with E-state index < -0.39 is 0 Å². The Bertz CT molecular complexity index is 312. The summed E-state index contributed by atoms with van der Waals surface area (Å²) in [6.07, 6.45) is 1.08. The molecule has 90 valence electrons. The highest BCUT2D eigenvalue weighted by Crippen LogP contribution is 2.21. The first kappa shape index (κ1) is 12.8. The molecule has 4 nitrogen and oxygen atoms in total. The minimum atomic E-state index is 0.502. The summed E-state index contributed by atoms with van der Waals surface area (Å²) in [5.74, 6) is 0. The van der Waals surface area contributed by atoms with Gasteiger partial charge in [-0.25, -0.2) is 0 Å². The van der Waals surface area contributed by atoms with Crippen molar-refractivity contribution in [3.8, 4) is 0 Å². The molecule has 1 aromatic carbocycles. The number of nitrogens with two attached hydrogens (primary N) is 2. The predicted molar refractivity (Wildman–Crippen MR) is 70.4 cm³/mol. The first-order valence-corrected chi connectivity index (χ1v) is 5.59. The largest absolute Gasteiger partial charge is 0.397 e.